The fourth-order valence-corrected chi connectivity index (χ4v) is 5.71. The first-order valence-corrected chi connectivity index (χ1v) is 11.4. The van der Waals surface area contributed by atoms with E-state index in [4.69, 9.17) is 0 Å². The summed E-state index contributed by atoms with van der Waals surface area (Å²) in [7, 11) is -3.26. The minimum absolute atomic E-state index is 0.687. The number of rotatable bonds is 5. The first kappa shape index (κ1) is 17.2. The number of nitrogens with one attached hydrogen (secondary N) is 1. The average Bonchev–Trinajstić information content (AvgIpc) is 3.18. The summed E-state index contributed by atoms with van der Waals surface area (Å²) in [5, 5.41) is 0. The molecule has 0 spiro atoms. The highest BCUT2D eigenvalue weighted by Gasteiger charge is 2.40. The fourth-order valence-electron chi connectivity index (χ4n) is 5.14. The van der Waals surface area contributed by atoms with Crippen molar-refractivity contribution in [3.8, 4) is 0 Å². The van der Waals surface area contributed by atoms with Crippen molar-refractivity contribution < 1.29 is 8.42 Å². The highest BCUT2D eigenvalue weighted by Crippen LogP contribution is 2.48. The third-order valence-corrected chi connectivity index (χ3v) is 6.88. The van der Waals surface area contributed by atoms with E-state index in [2.05, 4.69) is 14.5 Å². The number of anilines is 2. The average molecular weight is 364 g/mol. The lowest BCUT2D eigenvalue weighted by Crippen LogP contribution is -2.48. The molecule has 138 valence electrons. The fraction of sp³-hybridized carbons (Fsp3) is 0.684. The second-order valence-electron chi connectivity index (χ2n) is 8.11. The van der Waals surface area contributed by atoms with Crippen molar-refractivity contribution in [1.82, 2.24) is 4.90 Å². The highest BCUT2D eigenvalue weighted by atomic mass is 32.2. The van der Waals surface area contributed by atoms with Crippen molar-refractivity contribution >= 4 is 21.4 Å². The van der Waals surface area contributed by atoms with E-state index >= 15 is 0 Å². The third kappa shape index (κ3) is 3.95. The molecular formula is C19H29N3O2S. The summed E-state index contributed by atoms with van der Waals surface area (Å²) >= 11 is 0. The first-order chi connectivity index (χ1) is 12.0. The lowest BCUT2D eigenvalue weighted by atomic mass is 9.88. The van der Waals surface area contributed by atoms with Crippen LogP contribution in [-0.2, 0) is 10.0 Å². The second kappa shape index (κ2) is 6.80. The number of piperazine rings is 1. The van der Waals surface area contributed by atoms with Gasteiger partial charge in [-0.05, 0) is 49.1 Å². The predicted octanol–water partition coefficient (Wildman–Crippen LogP) is 2.62. The van der Waals surface area contributed by atoms with Crippen LogP contribution in [0.1, 0.15) is 25.7 Å². The molecule has 1 aliphatic heterocycles. The standard InChI is InChI=1S/C19H29N3O2S/c1-25(23,24)20-18-4-2-3-5-19(18)22-10-8-21(9-11-22)14-17-13-15-6-7-16(17)12-15/h2-5,15-17,20H,6-14H2,1H3. The molecule has 1 N–H and O–H groups in total. The van der Waals surface area contributed by atoms with Crippen LogP contribution in [0, 0.1) is 17.8 Å². The second-order valence-corrected chi connectivity index (χ2v) is 9.86. The molecule has 2 aliphatic carbocycles. The number of sulfonamides is 1. The molecule has 1 aromatic rings. The van der Waals surface area contributed by atoms with Gasteiger partial charge in [-0.1, -0.05) is 18.6 Å². The van der Waals surface area contributed by atoms with Crippen molar-refractivity contribution in [2.75, 3.05) is 48.6 Å². The molecule has 0 radical (unpaired) electrons. The minimum Gasteiger partial charge on any atom is -0.367 e. The zero-order valence-corrected chi connectivity index (χ0v) is 15.8. The van der Waals surface area contributed by atoms with E-state index in [1.165, 1.54) is 38.5 Å². The van der Waals surface area contributed by atoms with Crippen LogP contribution >= 0.6 is 0 Å². The van der Waals surface area contributed by atoms with Crippen molar-refractivity contribution in [1.29, 1.82) is 0 Å². The van der Waals surface area contributed by atoms with Crippen LogP contribution in [0.2, 0.25) is 0 Å². The van der Waals surface area contributed by atoms with Gasteiger partial charge < -0.3 is 4.90 Å². The molecule has 3 atom stereocenters. The lowest BCUT2D eigenvalue weighted by molar-refractivity contribution is 0.182. The zero-order chi connectivity index (χ0) is 17.4. The highest BCUT2D eigenvalue weighted by molar-refractivity contribution is 7.92. The number of nitrogens with zero attached hydrogens (tertiary/aromatic N) is 2. The van der Waals surface area contributed by atoms with Gasteiger partial charge in [-0.25, -0.2) is 8.42 Å². The summed E-state index contributed by atoms with van der Waals surface area (Å²) in [6.45, 7) is 5.33. The van der Waals surface area contributed by atoms with E-state index in [0.29, 0.717) is 5.69 Å². The number of hydrogen-bond acceptors (Lipinski definition) is 4. The van der Waals surface area contributed by atoms with Gasteiger partial charge in [0.05, 0.1) is 17.6 Å². The number of fused-ring (bicyclic) bond motifs is 2. The molecule has 25 heavy (non-hydrogen) atoms. The molecule has 3 fully saturated rings. The molecule has 2 bridgehead atoms. The molecule has 4 rings (SSSR count). The SMILES string of the molecule is CS(=O)(=O)Nc1ccccc1N1CCN(CC2CC3CCC2C3)CC1. The normalized spacial score (nSPS) is 30.0. The van der Waals surface area contributed by atoms with E-state index in [0.717, 1.165) is 49.6 Å². The molecule has 3 unspecified atom stereocenters. The van der Waals surface area contributed by atoms with E-state index in [-0.39, 0.29) is 0 Å². The van der Waals surface area contributed by atoms with Crippen molar-refractivity contribution in [3.63, 3.8) is 0 Å². The molecule has 3 aliphatic rings. The Labute approximate surface area is 151 Å². The molecule has 6 heteroatoms. The summed E-state index contributed by atoms with van der Waals surface area (Å²) in [4.78, 5) is 4.93. The largest absolute Gasteiger partial charge is 0.367 e. The van der Waals surface area contributed by atoms with Crippen LogP contribution in [0.15, 0.2) is 24.3 Å². The molecule has 1 heterocycles. The Morgan fingerprint density at radius 2 is 1.84 bits per heavy atom. The first-order valence-electron chi connectivity index (χ1n) is 9.52. The zero-order valence-electron chi connectivity index (χ0n) is 15.0. The van der Waals surface area contributed by atoms with Crippen molar-refractivity contribution in [2.45, 2.75) is 25.7 Å². The Bertz CT molecular complexity index is 713. The van der Waals surface area contributed by atoms with E-state index in [1.807, 2.05) is 24.3 Å². The van der Waals surface area contributed by atoms with Gasteiger partial charge >= 0.3 is 0 Å². The summed E-state index contributed by atoms with van der Waals surface area (Å²) in [5.74, 6) is 2.93. The molecule has 5 nitrogen and oxygen atoms in total. The maximum absolute atomic E-state index is 11.6. The Kier molecular flexibility index (Phi) is 4.67. The smallest absolute Gasteiger partial charge is 0.229 e. The molecule has 1 aromatic carbocycles. The Balaban J connectivity index is 1.36. The van der Waals surface area contributed by atoms with Gasteiger partial charge in [0.2, 0.25) is 10.0 Å². The topological polar surface area (TPSA) is 52.7 Å². The Morgan fingerprint density at radius 1 is 1.08 bits per heavy atom. The van der Waals surface area contributed by atoms with Crippen molar-refractivity contribution in [2.24, 2.45) is 17.8 Å². The minimum atomic E-state index is -3.26. The maximum Gasteiger partial charge on any atom is 0.229 e. The summed E-state index contributed by atoms with van der Waals surface area (Å²) in [6, 6.07) is 7.71. The summed E-state index contributed by atoms with van der Waals surface area (Å²) in [6.07, 6.45) is 7.07. The van der Waals surface area contributed by atoms with Crippen LogP contribution in [-0.4, -0.2) is 52.3 Å². The molecule has 0 aromatic heterocycles. The predicted molar refractivity (Wildman–Crippen MR) is 102 cm³/mol. The summed E-state index contributed by atoms with van der Waals surface area (Å²) in [5.41, 5.74) is 1.68. The van der Waals surface area contributed by atoms with Crippen LogP contribution in [0.3, 0.4) is 0 Å². The van der Waals surface area contributed by atoms with E-state index in [1.54, 1.807) is 0 Å². The van der Waals surface area contributed by atoms with Gasteiger partial charge in [-0.3, -0.25) is 9.62 Å². The lowest BCUT2D eigenvalue weighted by Gasteiger charge is -2.39. The monoisotopic (exact) mass is 363 g/mol. The molecule has 0 amide bonds. The maximum atomic E-state index is 11.6. The van der Waals surface area contributed by atoms with Crippen LogP contribution in [0.25, 0.3) is 0 Å². The Hall–Kier alpha value is -1.27. The number of para-hydroxylation sites is 2. The van der Waals surface area contributed by atoms with Gasteiger partial charge in [-0.15, -0.1) is 0 Å². The Morgan fingerprint density at radius 3 is 2.48 bits per heavy atom. The van der Waals surface area contributed by atoms with Gasteiger partial charge in [-0.2, -0.15) is 0 Å². The molecular weight excluding hydrogens is 334 g/mol. The van der Waals surface area contributed by atoms with Gasteiger partial charge in [0.15, 0.2) is 0 Å². The van der Waals surface area contributed by atoms with Crippen LogP contribution < -0.4 is 9.62 Å². The number of hydrogen-bond donors (Lipinski definition) is 1. The third-order valence-electron chi connectivity index (χ3n) is 6.29. The van der Waals surface area contributed by atoms with E-state index < -0.39 is 10.0 Å². The summed E-state index contributed by atoms with van der Waals surface area (Å²) < 4.78 is 25.9. The van der Waals surface area contributed by atoms with E-state index in [9.17, 15) is 8.42 Å². The molecule has 1 saturated heterocycles. The van der Waals surface area contributed by atoms with Gasteiger partial charge in [0.1, 0.15) is 0 Å². The number of benzene rings is 1. The van der Waals surface area contributed by atoms with Gasteiger partial charge in [0.25, 0.3) is 0 Å². The molecule has 2 saturated carbocycles. The van der Waals surface area contributed by atoms with Crippen LogP contribution in [0.5, 0.6) is 0 Å². The van der Waals surface area contributed by atoms with Crippen molar-refractivity contribution in [3.05, 3.63) is 24.3 Å². The van der Waals surface area contributed by atoms with Gasteiger partial charge in [0, 0.05) is 32.7 Å². The van der Waals surface area contributed by atoms with Crippen LogP contribution in [0.4, 0.5) is 11.4 Å². The quantitative estimate of drug-likeness (QED) is 0.874.